The molecule has 0 spiro atoms. The molecule has 0 bridgehead atoms. The summed E-state index contributed by atoms with van der Waals surface area (Å²) in [6.45, 7) is 4.56. The van der Waals surface area contributed by atoms with Crippen LogP contribution in [0.15, 0.2) is 22.7 Å². The molecule has 0 aliphatic heterocycles. The average Bonchev–Trinajstić information content (AvgIpc) is 2.34. The van der Waals surface area contributed by atoms with Gasteiger partial charge in [0.25, 0.3) is 0 Å². The van der Waals surface area contributed by atoms with Crippen molar-refractivity contribution in [2.24, 2.45) is 0 Å². The van der Waals surface area contributed by atoms with Gasteiger partial charge < -0.3 is 15.2 Å². The van der Waals surface area contributed by atoms with Crippen molar-refractivity contribution in [2.45, 2.75) is 26.1 Å². The highest BCUT2D eigenvalue weighted by Crippen LogP contribution is 2.23. The summed E-state index contributed by atoms with van der Waals surface area (Å²) in [6, 6.07) is 7.33. The standard InChI is InChI=1S/C13H17BrN2O2/c1-9(2)18-8-11(17)7-16-13-4-3-10(6-15)5-12(13)14/h3-5,9,11,16-17H,7-8H2,1-2H3. The summed E-state index contributed by atoms with van der Waals surface area (Å²) >= 11 is 3.37. The van der Waals surface area contributed by atoms with Crippen molar-refractivity contribution in [3.8, 4) is 6.07 Å². The first kappa shape index (κ1) is 15.0. The Bertz CT molecular complexity index is 429. The monoisotopic (exact) mass is 312 g/mol. The number of benzene rings is 1. The Labute approximate surface area is 116 Å². The van der Waals surface area contributed by atoms with E-state index in [1.807, 2.05) is 13.8 Å². The van der Waals surface area contributed by atoms with Gasteiger partial charge in [-0.3, -0.25) is 0 Å². The largest absolute Gasteiger partial charge is 0.389 e. The van der Waals surface area contributed by atoms with Crippen LogP contribution in [-0.4, -0.2) is 30.5 Å². The molecule has 5 heteroatoms. The second-order valence-electron chi connectivity index (χ2n) is 4.22. The fraction of sp³-hybridized carbons (Fsp3) is 0.462. The molecule has 4 nitrogen and oxygen atoms in total. The molecule has 98 valence electrons. The molecule has 1 atom stereocenters. The van der Waals surface area contributed by atoms with Crippen molar-refractivity contribution >= 4 is 21.6 Å². The number of hydrogen-bond acceptors (Lipinski definition) is 4. The van der Waals surface area contributed by atoms with Crippen LogP contribution in [0.1, 0.15) is 19.4 Å². The lowest BCUT2D eigenvalue weighted by Crippen LogP contribution is -2.26. The summed E-state index contributed by atoms with van der Waals surface area (Å²) in [5, 5.41) is 21.5. The average molecular weight is 313 g/mol. The molecule has 18 heavy (non-hydrogen) atoms. The Morgan fingerprint density at radius 2 is 2.22 bits per heavy atom. The van der Waals surface area contributed by atoms with E-state index in [0.717, 1.165) is 10.2 Å². The van der Waals surface area contributed by atoms with Crippen LogP contribution in [-0.2, 0) is 4.74 Å². The van der Waals surface area contributed by atoms with E-state index < -0.39 is 6.10 Å². The van der Waals surface area contributed by atoms with Crippen LogP contribution in [0.25, 0.3) is 0 Å². The third-order valence-corrected chi connectivity index (χ3v) is 2.90. The van der Waals surface area contributed by atoms with Gasteiger partial charge in [-0.15, -0.1) is 0 Å². The molecule has 0 saturated carbocycles. The van der Waals surface area contributed by atoms with Gasteiger partial charge in [0.05, 0.1) is 30.4 Å². The van der Waals surface area contributed by atoms with Crippen molar-refractivity contribution in [1.29, 1.82) is 5.26 Å². The van der Waals surface area contributed by atoms with Crippen LogP contribution in [0.2, 0.25) is 0 Å². The van der Waals surface area contributed by atoms with Gasteiger partial charge in [-0.1, -0.05) is 0 Å². The normalized spacial score (nSPS) is 12.2. The van der Waals surface area contributed by atoms with Crippen LogP contribution in [0, 0.1) is 11.3 Å². The third-order valence-electron chi connectivity index (χ3n) is 2.25. The third kappa shape index (κ3) is 5.05. The van der Waals surface area contributed by atoms with E-state index in [4.69, 9.17) is 10.00 Å². The van der Waals surface area contributed by atoms with Crippen molar-refractivity contribution < 1.29 is 9.84 Å². The molecule has 1 rings (SSSR count). The smallest absolute Gasteiger partial charge is 0.0992 e. The zero-order valence-corrected chi connectivity index (χ0v) is 12.1. The van der Waals surface area contributed by atoms with E-state index in [9.17, 15) is 5.11 Å². The van der Waals surface area contributed by atoms with Crippen molar-refractivity contribution in [3.05, 3.63) is 28.2 Å². The molecule has 0 aliphatic rings. The minimum atomic E-state index is -0.560. The maximum absolute atomic E-state index is 9.70. The second-order valence-corrected chi connectivity index (χ2v) is 5.08. The lowest BCUT2D eigenvalue weighted by Gasteiger charge is -2.15. The van der Waals surface area contributed by atoms with Gasteiger partial charge in [0, 0.05) is 16.7 Å². The van der Waals surface area contributed by atoms with E-state index in [2.05, 4.69) is 27.3 Å². The summed E-state index contributed by atoms with van der Waals surface area (Å²) in [7, 11) is 0. The Hall–Kier alpha value is -1.09. The SMILES string of the molecule is CC(C)OCC(O)CNc1ccc(C#N)cc1Br. The predicted molar refractivity (Wildman–Crippen MR) is 74.4 cm³/mol. The van der Waals surface area contributed by atoms with Crippen LogP contribution >= 0.6 is 15.9 Å². The fourth-order valence-electron chi connectivity index (χ4n) is 1.32. The first-order valence-corrected chi connectivity index (χ1v) is 6.55. The van der Waals surface area contributed by atoms with E-state index in [1.54, 1.807) is 18.2 Å². The van der Waals surface area contributed by atoms with Gasteiger partial charge in [0.2, 0.25) is 0 Å². The number of anilines is 1. The number of aliphatic hydroxyl groups is 1. The van der Waals surface area contributed by atoms with Gasteiger partial charge in [-0.25, -0.2) is 0 Å². The molecule has 1 unspecified atom stereocenters. The molecule has 0 radical (unpaired) electrons. The molecule has 0 heterocycles. The molecular weight excluding hydrogens is 296 g/mol. The minimum absolute atomic E-state index is 0.112. The number of hydrogen-bond donors (Lipinski definition) is 2. The molecule has 0 saturated heterocycles. The highest BCUT2D eigenvalue weighted by molar-refractivity contribution is 9.10. The lowest BCUT2D eigenvalue weighted by molar-refractivity contribution is 0.0112. The highest BCUT2D eigenvalue weighted by atomic mass is 79.9. The van der Waals surface area contributed by atoms with E-state index in [0.29, 0.717) is 18.7 Å². The van der Waals surface area contributed by atoms with Gasteiger partial charge in [-0.2, -0.15) is 5.26 Å². The molecule has 2 N–H and O–H groups in total. The summed E-state index contributed by atoms with van der Waals surface area (Å²) in [5.41, 5.74) is 1.44. The Balaban J connectivity index is 2.46. The maximum atomic E-state index is 9.70. The highest BCUT2D eigenvalue weighted by Gasteiger charge is 2.07. The van der Waals surface area contributed by atoms with Crippen molar-refractivity contribution in [1.82, 2.24) is 0 Å². The molecule has 0 fully saturated rings. The van der Waals surface area contributed by atoms with Crippen LogP contribution < -0.4 is 5.32 Å². The van der Waals surface area contributed by atoms with Crippen molar-refractivity contribution in [3.63, 3.8) is 0 Å². The number of nitrogens with zero attached hydrogens (tertiary/aromatic N) is 1. The second kappa shape index (κ2) is 7.37. The van der Waals surface area contributed by atoms with Gasteiger partial charge in [-0.05, 0) is 48.0 Å². The maximum Gasteiger partial charge on any atom is 0.0992 e. The Morgan fingerprint density at radius 1 is 1.50 bits per heavy atom. The zero-order valence-electron chi connectivity index (χ0n) is 10.5. The molecule has 1 aromatic carbocycles. The minimum Gasteiger partial charge on any atom is -0.389 e. The number of ether oxygens (including phenoxy) is 1. The van der Waals surface area contributed by atoms with E-state index >= 15 is 0 Å². The molecule has 1 aromatic rings. The Morgan fingerprint density at radius 3 is 2.78 bits per heavy atom. The predicted octanol–water partition coefficient (Wildman–Crippen LogP) is 2.52. The van der Waals surface area contributed by atoms with Crippen LogP contribution in [0.4, 0.5) is 5.69 Å². The zero-order chi connectivity index (χ0) is 13.5. The molecular formula is C13H17BrN2O2. The summed E-state index contributed by atoms with van der Waals surface area (Å²) in [4.78, 5) is 0. The van der Waals surface area contributed by atoms with E-state index in [-0.39, 0.29) is 6.10 Å². The summed E-state index contributed by atoms with van der Waals surface area (Å²) in [6.07, 6.45) is -0.448. The van der Waals surface area contributed by atoms with Gasteiger partial charge in [0.1, 0.15) is 0 Å². The topological polar surface area (TPSA) is 65.3 Å². The first-order valence-electron chi connectivity index (χ1n) is 5.76. The lowest BCUT2D eigenvalue weighted by atomic mass is 10.2. The number of nitriles is 1. The number of halogens is 1. The number of rotatable bonds is 6. The van der Waals surface area contributed by atoms with Crippen LogP contribution in [0.5, 0.6) is 0 Å². The van der Waals surface area contributed by atoms with Crippen molar-refractivity contribution in [2.75, 3.05) is 18.5 Å². The fourth-order valence-corrected chi connectivity index (χ4v) is 1.84. The van der Waals surface area contributed by atoms with E-state index in [1.165, 1.54) is 0 Å². The molecule has 0 aromatic heterocycles. The van der Waals surface area contributed by atoms with Gasteiger partial charge >= 0.3 is 0 Å². The Kier molecular flexibility index (Phi) is 6.13. The molecule has 0 aliphatic carbocycles. The molecule has 0 amide bonds. The number of nitrogens with one attached hydrogen (secondary N) is 1. The first-order chi connectivity index (χ1) is 8.52. The quantitative estimate of drug-likeness (QED) is 0.847. The van der Waals surface area contributed by atoms with Gasteiger partial charge in [0.15, 0.2) is 0 Å². The summed E-state index contributed by atoms with van der Waals surface area (Å²) in [5.74, 6) is 0. The number of aliphatic hydroxyl groups excluding tert-OH is 1. The van der Waals surface area contributed by atoms with Crippen LogP contribution in [0.3, 0.4) is 0 Å². The summed E-state index contributed by atoms with van der Waals surface area (Å²) < 4.78 is 6.12.